The molecule has 1 aliphatic carbocycles. The molecule has 4 heteroatoms. The predicted octanol–water partition coefficient (Wildman–Crippen LogP) is 1.77. The maximum Gasteiger partial charge on any atom is 0.410 e. The van der Waals surface area contributed by atoms with Crippen LogP contribution >= 0.6 is 0 Å². The number of carbonyl (C=O) groups excluding carboxylic acids is 1. The van der Waals surface area contributed by atoms with Gasteiger partial charge in [0.2, 0.25) is 0 Å². The molecule has 1 atom stereocenters. The Morgan fingerprint density at radius 1 is 1.25 bits per heavy atom. The number of hydrogen-bond donors (Lipinski definition) is 1. The molecule has 1 N–H and O–H groups in total. The van der Waals surface area contributed by atoms with E-state index in [4.69, 9.17) is 9.84 Å². The highest BCUT2D eigenvalue weighted by Crippen LogP contribution is 2.35. The van der Waals surface area contributed by atoms with E-state index < -0.39 is 0 Å². The minimum atomic E-state index is -0.233. The van der Waals surface area contributed by atoms with E-state index >= 15 is 0 Å². The highest BCUT2D eigenvalue weighted by Gasteiger charge is 2.36. The molecule has 2 aliphatic rings. The smallest absolute Gasteiger partial charge is 0.410 e. The third kappa shape index (κ3) is 2.48. The fourth-order valence-corrected chi connectivity index (χ4v) is 3.07. The Balaban J connectivity index is 1.89. The molecule has 0 aromatic heterocycles. The molecular formula is C12H21NO3. The van der Waals surface area contributed by atoms with Gasteiger partial charge in [-0.2, -0.15) is 0 Å². The molecule has 1 unspecified atom stereocenters. The molecule has 0 aromatic rings. The second-order valence-corrected chi connectivity index (χ2v) is 4.79. The molecule has 0 spiro atoms. The molecule has 16 heavy (non-hydrogen) atoms. The highest BCUT2D eigenvalue weighted by molar-refractivity contribution is 5.68. The third-order valence-electron chi connectivity index (χ3n) is 3.79. The van der Waals surface area contributed by atoms with Gasteiger partial charge in [0.25, 0.3) is 0 Å². The molecule has 4 nitrogen and oxygen atoms in total. The Labute approximate surface area is 96.6 Å². The maximum absolute atomic E-state index is 11.8. The number of ether oxygens (including phenoxy) is 1. The number of hydrogen-bond acceptors (Lipinski definition) is 3. The first-order valence-electron chi connectivity index (χ1n) is 6.37. The van der Waals surface area contributed by atoms with Gasteiger partial charge in [-0.25, -0.2) is 4.79 Å². The zero-order chi connectivity index (χ0) is 11.4. The van der Waals surface area contributed by atoms with Crippen molar-refractivity contribution in [2.75, 3.05) is 19.8 Å². The molecule has 0 radical (unpaired) electrons. The van der Waals surface area contributed by atoms with Gasteiger partial charge in [0.05, 0.1) is 6.61 Å². The fourth-order valence-electron chi connectivity index (χ4n) is 3.07. The van der Waals surface area contributed by atoms with Gasteiger partial charge in [-0.05, 0) is 31.6 Å². The van der Waals surface area contributed by atoms with Gasteiger partial charge in [-0.1, -0.05) is 12.8 Å². The van der Waals surface area contributed by atoms with Crippen molar-refractivity contribution in [3.05, 3.63) is 0 Å². The summed E-state index contributed by atoms with van der Waals surface area (Å²) in [5, 5.41) is 8.64. The van der Waals surface area contributed by atoms with E-state index in [1.54, 1.807) is 0 Å². The van der Waals surface area contributed by atoms with E-state index in [0.29, 0.717) is 12.0 Å². The largest absolute Gasteiger partial charge is 0.447 e. The summed E-state index contributed by atoms with van der Waals surface area (Å²) in [4.78, 5) is 13.6. The quantitative estimate of drug-likeness (QED) is 0.799. The third-order valence-corrected chi connectivity index (χ3v) is 3.79. The van der Waals surface area contributed by atoms with Crippen LogP contribution in [0.1, 0.15) is 38.5 Å². The first-order valence-corrected chi connectivity index (χ1v) is 6.37. The lowest BCUT2D eigenvalue weighted by atomic mass is 9.96. The number of amides is 1. The molecule has 0 aromatic carbocycles. The average Bonchev–Trinajstić information content (AvgIpc) is 2.94. The second-order valence-electron chi connectivity index (χ2n) is 4.79. The SMILES string of the molecule is O=C(OCCO)N1CCCC1C1CCCC1. The van der Waals surface area contributed by atoms with E-state index in [9.17, 15) is 4.79 Å². The fraction of sp³-hybridized carbons (Fsp3) is 0.917. The summed E-state index contributed by atoms with van der Waals surface area (Å²) in [6.45, 7) is 0.853. The number of likely N-dealkylation sites (tertiary alicyclic amines) is 1. The Morgan fingerprint density at radius 3 is 2.69 bits per heavy atom. The van der Waals surface area contributed by atoms with Gasteiger partial charge < -0.3 is 14.7 Å². The molecule has 1 saturated heterocycles. The molecule has 0 bridgehead atoms. The van der Waals surface area contributed by atoms with E-state index in [1.807, 2.05) is 4.90 Å². The Kier molecular flexibility index (Phi) is 4.04. The van der Waals surface area contributed by atoms with Crippen LogP contribution in [-0.4, -0.2) is 41.9 Å². The summed E-state index contributed by atoms with van der Waals surface area (Å²) in [5.74, 6) is 0.684. The first kappa shape index (κ1) is 11.7. The normalized spacial score (nSPS) is 26.3. The van der Waals surface area contributed by atoms with Gasteiger partial charge in [-0.15, -0.1) is 0 Å². The van der Waals surface area contributed by atoms with Crippen LogP contribution in [-0.2, 0) is 4.74 Å². The summed E-state index contributed by atoms with van der Waals surface area (Å²) in [5.41, 5.74) is 0. The van der Waals surface area contributed by atoms with Crippen LogP contribution in [0.2, 0.25) is 0 Å². The van der Waals surface area contributed by atoms with Crippen LogP contribution in [0.4, 0.5) is 4.79 Å². The Bertz CT molecular complexity index is 238. The number of rotatable bonds is 3. The van der Waals surface area contributed by atoms with Crippen LogP contribution in [0.25, 0.3) is 0 Å². The zero-order valence-corrected chi connectivity index (χ0v) is 9.73. The molecule has 1 saturated carbocycles. The molecule has 2 fully saturated rings. The van der Waals surface area contributed by atoms with Gasteiger partial charge in [-0.3, -0.25) is 0 Å². The molecule has 2 rings (SSSR count). The van der Waals surface area contributed by atoms with Gasteiger partial charge >= 0.3 is 6.09 Å². The molecule has 1 heterocycles. The average molecular weight is 227 g/mol. The van der Waals surface area contributed by atoms with Crippen LogP contribution < -0.4 is 0 Å². The van der Waals surface area contributed by atoms with Crippen LogP contribution in [0, 0.1) is 5.92 Å². The lowest BCUT2D eigenvalue weighted by Gasteiger charge is -2.28. The topological polar surface area (TPSA) is 49.8 Å². The minimum absolute atomic E-state index is 0.0896. The molecule has 1 aliphatic heterocycles. The lowest BCUT2D eigenvalue weighted by molar-refractivity contribution is 0.0727. The summed E-state index contributed by atoms with van der Waals surface area (Å²) >= 11 is 0. The summed E-state index contributed by atoms with van der Waals surface area (Å²) in [6, 6.07) is 0.397. The predicted molar refractivity (Wildman–Crippen MR) is 60.1 cm³/mol. The van der Waals surface area contributed by atoms with E-state index in [-0.39, 0.29) is 19.3 Å². The van der Waals surface area contributed by atoms with Crippen molar-refractivity contribution in [1.82, 2.24) is 4.90 Å². The van der Waals surface area contributed by atoms with Crippen molar-refractivity contribution in [3.63, 3.8) is 0 Å². The van der Waals surface area contributed by atoms with Crippen molar-refractivity contribution in [1.29, 1.82) is 0 Å². The van der Waals surface area contributed by atoms with Crippen molar-refractivity contribution >= 4 is 6.09 Å². The van der Waals surface area contributed by atoms with E-state index in [0.717, 1.165) is 19.4 Å². The second kappa shape index (κ2) is 5.53. The van der Waals surface area contributed by atoms with Crippen molar-refractivity contribution < 1.29 is 14.6 Å². The van der Waals surface area contributed by atoms with Crippen LogP contribution in [0.3, 0.4) is 0 Å². The molecule has 92 valence electrons. The number of aliphatic hydroxyl groups excluding tert-OH is 1. The number of carbonyl (C=O) groups is 1. The Hall–Kier alpha value is -0.770. The van der Waals surface area contributed by atoms with Gasteiger partial charge in [0, 0.05) is 12.6 Å². The van der Waals surface area contributed by atoms with E-state index in [1.165, 1.54) is 25.7 Å². The minimum Gasteiger partial charge on any atom is -0.447 e. The number of nitrogens with zero attached hydrogens (tertiary/aromatic N) is 1. The van der Waals surface area contributed by atoms with Crippen LogP contribution in [0.15, 0.2) is 0 Å². The highest BCUT2D eigenvalue weighted by atomic mass is 16.6. The Morgan fingerprint density at radius 2 is 2.00 bits per heavy atom. The summed E-state index contributed by atoms with van der Waals surface area (Å²) in [6.07, 6.45) is 7.11. The van der Waals surface area contributed by atoms with Crippen molar-refractivity contribution in [2.24, 2.45) is 5.92 Å². The summed E-state index contributed by atoms with van der Waals surface area (Å²) in [7, 11) is 0. The van der Waals surface area contributed by atoms with E-state index in [2.05, 4.69) is 0 Å². The monoisotopic (exact) mass is 227 g/mol. The summed E-state index contributed by atoms with van der Waals surface area (Å²) < 4.78 is 5.00. The van der Waals surface area contributed by atoms with Crippen molar-refractivity contribution in [3.8, 4) is 0 Å². The first-order chi connectivity index (χ1) is 7.83. The standard InChI is InChI=1S/C12H21NO3/c14-8-9-16-12(15)13-7-3-6-11(13)10-4-1-2-5-10/h10-11,14H,1-9H2. The number of aliphatic hydroxyl groups is 1. The molecule has 1 amide bonds. The van der Waals surface area contributed by atoms with Crippen molar-refractivity contribution in [2.45, 2.75) is 44.6 Å². The molecular weight excluding hydrogens is 206 g/mol. The van der Waals surface area contributed by atoms with Gasteiger partial charge in [0.1, 0.15) is 6.61 Å². The van der Waals surface area contributed by atoms with Crippen LogP contribution in [0.5, 0.6) is 0 Å². The maximum atomic E-state index is 11.8. The zero-order valence-electron chi connectivity index (χ0n) is 9.73. The lowest BCUT2D eigenvalue weighted by Crippen LogP contribution is -2.40. The van der Waals surface area contributed by atoms with Gasteiger partial charge in [0.15, 0.2) is 0 Å².